The Labute approximate surface area is 72.9 Å². The lowest BCUT2D eigenvalue weighted by molar-refractivity contribution is -0.142. The Kier molecular flexibility index (Phi) is 2.36. The van der Waals surface area contributed by atoms with E-state index in [2.05, 4.69) is 13.2 Å². The molecule has 0 radical (unpaired) electrons. The number of hydrogen-bond acceptors (Lipinski definition) is 2. The third-order valence-corrected chi connectivity index (χ3v) is 2.30. The Morgan fingerprint density at radius 1 is 1.67 bits per heavy atom. The molecule has 1 heterocycles. The van der Waals surface area contributed by atoms with E-state index in [9.17, 15) is 4.79 Å². The van der Waals surface area contributed by atoms with Gasteiger partial charge in [0.2, 0.25) is 0 Å². The van der Waals surface area contributed by atoms with Crippen molar-refractivity contribution < 1.29 is 9.53 Å². The normalized spacial score (nSPS) is 34.5. The molecule has 0 N–H and O–H groups in total. The van der Waals surface area contributed by atoms with Crippen LogP contribution in [0.15, 0.2) is 24.8 Å². The monoisotopic (exact) mass is 166 g/mol. The molecule has 0 amide bonds. The molecule has 1 rings (SSSR count). The second-order valence-corrected chi connectivity index (χ2v) is 3.31. The molecular weight excluding hydrogens is 152 g/mol. The molecule has 66 valence electrons. The summed E-state index contributed by atoms with van der Waals surface area (Å²) < 4.78 is 5.13. The summed E-state index contributed by atoms with van der Waals surface area (Å²) in [5.74, 6) is -0.132. The Balaban J connectivity index is 2.85. The van der Waals surface area contributed by atoms with Crippen molar-refractivity contribution >= 4 is 5.97 Å². The van der Waals surface area contributed by atoms with Gasteiger partial charge in [-0.15, -0.1) is 6.58 Å². The first kappa shape index (κ1) is 9.04. The van der Waals surface area contributed by atoms with Crippen LogP contribution in [0, 0.1) is 11.8 Å². The average molecular weight is 166 g/mol. The topological polar surface area (TPSA) is 26.3 Å². The van der Waals surface area contributed by atoms with Gasteiger partial charge in [0.1, 0.15) is 6.10 Å². The van der Waals surface area contributed by atoms with E-state index in [-0.39, 0.29) is 23.9 Å². The van der Waals surface area contributed by atoms with Crippen LogP contribution < -0.4 is 0 Å². The molecule has 12 heavy (non-hydrogen) atoms. The number of cyclic esters (lactones) is 1. The molecule has 0 saturated carbocycles. The summed E-state index contributed by atoms with van der Waals surface area (Å²) in [4.78, 5) is 11.1. The molecule has 0 aliphatic carbocycles. The van der Waals surface area contributed by atoms with Crippen molar-refractivity contribution in [2.75, 3.05) is 0 Å². The van der Waals surface area contributed by atoms with Crippen molar-refractivity contribution in [3.05, 3.63) is 24.8 Å². The fourth-order valence-corrected chi connectivity index (χ4v) is 1.49. The van der Waals surface area contributed by atoms with Crippen molar-refractivity contribution in [2.45, 2.75) is 20.0 Å². The minimum atomic E-state index is -0.162. The lowest BCUT2D eigenvalue weighted by Gasteiger charge is -2.14. The standard InChI is InChI=1S/C10H14O2/c1-5-8-7(4)10(11)12-9(8)6(2)3/h5,7-9H,1-2H2,3-4H3/t7-,8+,9-/m1/s1. The van der Waals surface area contributed by atoms with Crippen LogP contribution in [0.4, 0.5) is 0 Å². The van der Waals surface area contributed by atoms with E-state index >= 15 is 0 Å². The number of ether oxygens (including phenoxy) is 1. The van der Waals surface area contributed by atoms with Crippen LogP contribution in [0.1, 0.15) is 13.8 Å². The summed E-state index contributed by atoms with van der Waals surface area (Å²) >= 11 is 0. The van der Waals surface area contributed by atoms with Crippen LogP contribution in [0.25, 0.3) is 0 Å². The Morgan fingerprint density at radius 3 is 2.58 bits per heavy atom. The van der Waals surface area contributed by atoms with Crippen molar-refractivity contribution in [1.82, 2.24) is 0 Å². The number of esters is 1. The number of rotatable bonds is 2. The van der Waals surface area contributed by atoms with Crippen LogP contribution >= 0.6 is 0 Å². The van der Waals surface area contributed by atoms with E-state index in [1.165, 1.54) is 0 Å². The molecule has 2 nitrogen and oxygen atoms in total. The molecule has 1 aliphatic heterocycles. The van der Waals surface area contributed by atoms with Gasteiger partial charge in [0.05, 0.1) is 5.92 Å². The van der Waals surface area contributed by atoms with Crippen LogP contribution in [0.5, 0.6) is 0 Å². The van der Waals surface area contributed by atoms with Crippen molar-refractivity contribution in [2.24, 2.45) is 11.8 Å². The molecular formula is C10H14O2. The van der Waals surface area contributed by atoms with E-state index in [1.54, 1.807) is 6.08 Å². The van der Waals surface area contributed by atoms with E-state index in [0.29, 0.717) is 0 Å². The Morgan fingerprint density at radius 2 is 2.25 bits per heavy atom. The summed E-state index contributed by atoms with van der Waals surface area (Å²) in [6.07, 6.45) is 1.61. The molecule has 1 saturated heterocycles. The molecule has 2 heteroatoms. The van der Waals surface area contributed by atoms with Gasteiger partial charge in [0.25, 0.3) is 0 Å². The second-order valence-electron chi connectivity index (χ2n) is 3.31. The maximum atomic E-state index is 11.1. The fraction of sp³-hybridized carbons (Fsp3) is 0.500. The van der Waals surface area contributed by atoms with Gasteiger partial charge in [-0.25, -0.2) is 0 Å². The van der Waals surface area contributed by atoms with Gasteiger partial charge in [-0.3, -0.25) is 4.79 Å². The largest absolute Gasteiger partial charge is 0.457 e. The molecule has 0 aromatic heterocycles. The van der Waals surface area contributed by atoms with Gasteiger partial charge in [-0.1, -0.05) is 19.6 Å². The summed E-state index contributed by atoms with van der Waals surface area (Å²) in [6.45, 7) is 11.2. The SMILES string of the molecule is C=C[C@@H]1[C@@H](C(=C)C)OC(=O)[C@@H]1C. The van der Waals surface area contributed by atoms with E-state index in [1.807, 2.05) is 13.8 Å². The van der Waals surface area contributed by atoms with Gasteiger partial charge >= 0.3 is 5.97 Å². The van der Waals surface area contributed by atoms with Gasteiger partial charge in [0, 0.05) is 5.92 Å². The molecule has 1 aliphatic rings. The third kappa shape index (κ3) is 1.29. The van der Waals surface area contributed by atoms with Crippen molar-refractivity contribution in [3.8, 4) is 0 Å². The van der Waals surface area contributed by atoms with Crippen LogP contribution in [-0.4, -0.2) is 12.1 Å². The highest BCUT2D eigenvalue weighted by Gasteiger charge is 2.39. The van der Waals surface area contributed by atoms with Crippen LogP contribution in [0.2, 0.25) is 0 Å². The maximum absolute atomic E-state index is 11.1. The lowest BCUT2D eigenvalue weighted by Crippen LogP contribution is -2.17. The fourth-order valence-electron chi connectivity index (χ4n) is 1.49. The highest BCUT2D eigenvalue weighted by Crippen LogP contribution is 2.32. The second kappa shape index (κ2) is 3.13. The summed E-state index contributed by atoms with van der Waals surface area (Å²) in [6, 6.07) is 0. The zero-order chi connectivity index (χ0) is 9.30. The van der Waals surface area contributed by atoms with Crippen LogP contribution in [0.3, 0.4) is 0 Å². The summed E-state index contributed by atoms with van der Waals surface area (Å²) in [7, 11) is 0. The van der Waals surface area contributed by atoms with Gasteiger partial charge in [0.15, 0.2) is 0 Å². The zero-order valence-electron chi connectivity index (χ0n) is 7.54. The average Bonchev–Trinajstić information content (AvgIpc) is 2.29. The summed E-state index contributed by atoms with van der Waals surface area (Å²) in [5, 5.41) is 0. The van der Waals surface area contributed by atoms with Gasteiger partial charge in [-0.05, 0) is 12.5 Å². The molecule has 0 bridgehead atoms. The highest BCUT2D eigenvalue weighted by atomic mass is 16.6. The minimum Gasteiger partial charge on any atom is -0.457 e. The van der Waals surface area contributed by atoms with Gasteiger partial charge < -0.3 is 4.74 Å². The smallest absolute Gasteiger partial charge is 0.310 e. The van der Waals surface area contributed by atoms with E-state index in [0.717, 1.165) is 5.57 Å². The maximum Gasteiger partial charge on any atom is 0.310 e. The molecule has 0 aromatic carbocycles. The summed E-state index contributed by atoms with van der Waals surface area (Å²) in [5.41, 5.74) is 0.887. The predicted molar refractivity (Wildman–Crippen MR) is 47.5 cm³/mol. The molecule has 1 fully saturated rings. The first-order valence-corrected chi connectivity index (χ1v) is 4.06. The third-order valence-electron chi connectivity index (χ3n) is 2.30. The quantitative estimate of drug-likeness (QED) is 0.463. The highest BCUT2D eigenvalue weighted by molar-refractivity contribution is 5.75. The molecule has 0 spiro atoms. The van der Waals surface area contributed by atoms with E-state index < -0.39 is 0 Å². The lowest BCUT2D eigenvalue weighted by atomic mass is 9.89. The van der Waals surface area contributed by atoms with Crippen molar-refractivity contribution in [1.29, 1.82) is 0 Å². The number of carbonyl (C=O) groups excluding carboxylic acids is 1. The first-order chi connectivity index (χ1) is 5.57. The van der Waals surface area contributed by atoms with E-state index in [4.69, 9.17) is 4.74 Å². The Bertz CT molecular complexity index is 230. The first-order valence-electron chi connectivity index (χ1n) is 4.06. The van der Waals surface area contributed by atoms with Crippen LogP contribution in [-0.2, 0) is 9.53 Å². The number of hydrogen-bond donors (Lipinski definition) is 0. The zero-order valence-corrected chi connectivity index (χ0v) is 7.54. The molecule has 0 aromatic rings. The van der Waals surface area contributed by atoms with Gasteiger partial charge in [-0.2, -0.15) is 0 Å². The Hall–Kier alpha value is -1.05. The number of carbonyl (C=O) groups is 1. The molecule has 0 unspecified atom stereocenters. The predicted octanol–water partition coefficient (Wildman–Crippen LogP) is 1.93. The molecule has 3 atom stereocenters. The minimum absolute atomic E-state index is 0.0794. The van der Waals surface area contributed by atoms with Crippen molar-refractivity contribution in [3.63, 3.8) is 0 Å².